The molecule has 0 unspecified atom stereocenters. The summed E-state index contributed by atoms with van der Waals surface area (Å²) in [5.41, 5.74) is 10.9. The van der Waals surface area contributed by atoms with E-state index in [1.54, 1.807) is 4.57 Å². The lowest BCUT2D eigenvalue weighted by Crippen LogP contribution is -2.45. The molecule has 4 aromatic heterocycles. The summed E-state index contributed by atoms with van der Waals surface area (Å²) >= 11 is 8.85. The highest BCUT2D eigenvalue weighted by molar-refractivity contribution is 8.46. The van der Waals surface area contributed by atoms with Crippen molar-refractivity contribution in [1.82, 2.24) is 39.0 Å². The van der Waals surface area contributed by atoms with Gasteiger partial charge in [-0.1, -0.05) is 44.8 Å². The van der Waals surface area contributed by atoms with Crippen LogP contribution in [0.3, 0.4) is 0 Å². The van der Waals surface area contributed by atoms with E-state index in [9.17, 15) is 14.2 Å². The molecule has 0 saturated carbocycles. The summed E-state index contributed by atoms with van der Waals surface area (Å²) in [6.07, 6.45) is 3.59. The lowest BCUT2D eigenvalue weighted by atomic mass is 9.91. The zero-order chi connectivity index (χ0) is 34.1. The van der Waals surface area contributed by atoms with Gasteiger partial charge in [0.2, 0.25) is 0 Å². The Morgan fingerprint density at radius 1 is 0.938 bits per heavy atom. The molecule has 7 rings (SSSR count). The van der Waals surface area contributed by atoms with Gasteiger partial charge in [-0.2, -0.15) is 0 Å². The third-order valence-electron chi connectivity index (χ3n) is 8.98. The first kappa shape index (κ1) is 33.7. The van der Waals surface area contributed by atoms with E-state index in [4.69, 9.17) is 34.5 Å². The fraction of sp³-hybridized carbons (Fsp3) is 0.538. The smallest absolute Gasteiger partial charge is 0.386 e. The van der Waals surface area contributed by atoms with Crippen LogP contribution in [-0.2, 0) is 32.2 Å². The van der Waals surface area contributed by atoms with Crippen molar-refractivity contribution in [3.8, 4) is 0 Å². The van der Waals surface area contributed by atoms with Gasteiger partial charge in [0, 0.05) is 12.0 Å². The van der Waals surface area contributed by atoms with Crippen LogP contribution in [0.5, 0.6) is 0 Å². The Balaban J connectivity index is 1.26. The van der Waals surface area contributed by atoms with E-state index in [0.717, 1.165) is 0 Å². The van der Waals surface area contributed by atoms with E-state index < -0.39 is 43.1 Å². The fourth-order valence-corrected chi connectivity index (χ4v) is 10.0. The third-order valence-corrected chi connectivity index (χ3v) is 12.6. The molecule has 18 nitrogen and oxygen atoms in total. The molecule has 0 aromatic carbocycles. The fourth-order valence-electron chi connectivity index (χ4n) is 6.54. The number of anilines is 2. The van der Waals surface area contributed by atoms with Crippen LogP contribution in [0, 0.1) is 0 Å². The molecule has 2 saturated heterocycles. The van der Waals surface area contributed by atoms with Crippen LogP contribution in [0.15, 0.2) is 36.6 Å². The molecule has 3 aliphatic rings. The summed E-state index contributed by atoms with van der Waals surface area (Å²) in [4.78, 5) is 25.1. The first-order valence-corrected chi connectivity index (χ1v) is 20.7. The number of nitrogen functional groups attached to an aromatic ring is 2. The molecule has 0 spiro atoms. The Morgan fingerprint density at radius 3 is 2.23 bits per heavy atom. The van der Waals surface area contributed by atoms with Crippen molar-refractivity contribution in [3.05, 3.63) is 36.6 Å². The van der Waals surface area contributed by atoms with E-state index in [2.05, 4.69) is 54.4 Å². The Bertz CT molecular complexity index is 2030. The predicted octanol–water partition coefficient (Wildman–Crippen LogP) is 4.37. The Labute approximate surface area is 284 Å². The summed E-state index contributed by atoms with van der Waals surface area (Å²) in [6, 6.07) is 0. The number of imidazole rings is 2. The third kappa shape index (κ3) is 5.70. The van der Waals surface area contributed by atoms with Gasteiger partial charge in [0.25, 0.3) is 6.57 Å². The maximum Gasteiger partial charge on any atom is 0.386 e. The molecule has 7 heterocycles. The molecule has 0 radical (unpaired) electrons. The monoisotopic (exact) mass is 740 g/mol. The second-order valence-electron chi connectivity index (χ2n) is 11.9. The lowest BCUT2D eigenvalue weighted by molar-refractivity contribution is -0.122. The highest BCUT2D eigenvalue weighted by atomic mass is 32.7. The van der Waals surface area contributed by atoms with E-state index in [1.165, 1.54) is 29.9 Å². The molecule has 0 aliphatic carbocycles. The summed E-state index contributed by atoms with van der Waals surface area (Å²) in [5.74, 6) is 0.0632. The Morgan fingerprint density at radius 2 is 1.58 bits per heavy atom. The minimum Gasteiger partial charge on any atom is -0.507 e. The normalized spacial score (nSPS) is 34.6. The van der Waals surface area contributed by atoms with E-state index in [-0.39, 0.29) is 61.6 Å². The molecule has 22 heteroatoms. The highest BCUT2D eigenvalue weighted by Crippen LogP contribution is 2.63. The summed E-state index contributed by atoms with van der Waals surface area (Å²) in [5, 5.41) is 11.7. The second-order valence-corrected chi connectivity index (χ2v) is 18.4. The minimum atomic E-state index is -4.16. The van der Waals surface area contributed by atoms with Gasteiger partial charge in [-0.05, 0) is 12.8 Å². The van der Waals surface area contributed by atoms with Gasteiger partial charge >= 0.3 is 6.80 Å². The molecule has 4 aromatic rings. The zero-order valence-electron chi connectivity index (χ0n) is 25.8. The number of hydrogen-bond acceptors (Lipinski definition) is 16. The number of nitrogens with zero attached hydrogens (tertiary/aromatic N) is 8. The lowest BCUT2D eigenvalue weighted by Gasteiger charge is -2.37. The first-order chi connectivity index (χ1) is 22.8. The Hall–Kier alpha value is -2.80. The number of rotatable bonds is 5. The first-order valence-electron chi connectivity index (χ1n) is 15.1. The quantitative estimate of drug-likeness (QED) is 0.141. The number of aromatic nitrogens is 8. The number of aliphatic hydroxyl groups is 1. The topological polar surface area (TPSA) is 240 Å². The van der Waals surface area contributed by atoms with Crippen molar-refractivity contribution in [2.24, 2.45) is 0 Å². The maximum absolute atomic E-state index is 14.2. The van der Waals surface area contributed by atoms with Crippen molar-refractivity contribution in [3.63, 3.8) is 0 Å². The molecule has 48 heavy (non-hydrogen) atoms. The zero-order valence-corrected chi connectivity index (χ0v) is 29.4. The van der Waals surface area contributed by atoms with Gasteiger partial charge in [-0.15, -0.1) is 0 Å². The van der Waals surface area contributed by atoms with Gasteiger partial charge < -0.3 is 30.6 Å². The average Bonchev–Trinajstić information content (AvgIpc) is 3.80. The molecule has 258 valence electrons. The van der Waals surface area contributed by atoms with Crippen LogP contribution < -0.4 is 11.5 Å². The van der Waals surface area contributed by atoms with Crippen LogP contribution >= 0.6 is 37.9 Å². The van der Waals surface area contributed by atoms with Crippen molar-refractivity contribution in [2.45, 2.75) is 69.3 Å². The average molecular weight is 741 g/mol. The number of aliphatic hydroxyl groups excluding tert-OH is 1. The van der Waals surface area contributed by atoms with Gasteiger partial charge in [0.1, 0.15) is 53.0 Å². The molecule has 0 amide bonds. The Kier molecular flexibility index (Phi) is 8.57. The molecule has 7 atom stereocenters. The number of thiol groups is 2. The largest absolute Gasteiger partial charge is 0.507 e. The SMILES string of the molecule is CCC[C@@]12CO[P@@](=O)(S)O[C@H]3C[C@H](n4cnc5c(N)ncnc54)O[C@]3(CC)CO[P@@](=O)(S)CC1=C(O)[C@H](n1cnc3c(N)ncnc31)O2. The van der Waals surface area contributed by atoms with Crippen LogP contribution in [0.1, 0.15) is 52.0 Å². The molecule has 0 bridgehead atoms. The summed E-state index contributed by atoms with van der Waals surface area (Å²) < 4.78 is 62.6. The number of nitrogens with two attached hydrogens (primary N) is 2. The molecule has 3 aliphatic heterocycles. The minimum absolute atomic E-state index is 0.141. The van der Waals surface area contributed by atoms with E-state index >= 15 is 0 Å². The maximum atomic E-state index is 14.2. The molecular formula is C26H34N10O8P2S2. The van der Waals surface area contributed by atoms with Crippen molar-refractivity contribution in [1.29, 1.82) is 0 Å². The van der Waals surface area contributed by atoms with Crippen molar-refractivity contribution < 1.29 is 37.3 Å². The molecular weight excluding hydrogens is 706 g/mol. The number of ether oxygens (including phenoxy) is 2. The predicted molar refractivity (Wildman–Crippen MR) is 179 cm³/mol. The van der Waals surface area contributed by atoms with Gasteiger partial charge in [0.15, 0.2) is 29.2 Å². The second kappa shape index (κ2) is 12.2. The summed E-state index contributed by atoms with van der Waals surface area (Å²) in [6.45, 7) is -4.93. The summed E-state index contributed by atoms with van der Waals surface area (Å²) in [7, 11) is 0. The highest BCUT2D eigenvalue weighted by Gasteiger charge is 2.56. The van der Waals surface area contributed by atoms with Crippen LogP contribution in [-0.4, -0.2) is 80.8 Å². The molecule has 5 N–H and O–H groups in total. The van der Waals surface area contributed by atoms with E-state index in [0.29, 0.717) is 28.7 Å². The van der Waals surface area contributed by atoms with Gasteiger partial charge in [-0.25, -0.2) is 34.5 Å². The molecule has 2 fully saturated rings. The van der Waals surface area contributed by atoms with Gasteiger partial charge in [0.05, 0.1) is 32.0 Å². The van der Waals surface area contributed by atoms with Crippen LogP contribution in [0.4, 0.5) is 11.6 Å². The van der Waals surface area contributed by atoms with Crippen molar-refractivity contribution in [2.75, 3.05) is 30.8 Å². The van der Waals surface area contributed by atoms with E-state index in [1.807, 2.05) is 13.8 Å². The van der Waals surface area contributed by atoms with Crippen molar-refractivity contribution >= 4 is 71.8 Å². The standard InChI is InChI=1S/C26H34N10O8P2S2/c1-3-5-26-9-41-46(39,48)44-15-6-16(35-12-33-17-20(27)29-10-31-22(17)35)42-25(15,4-2)8-40-45(38,47)7-14(26)19(37)24(43-26)36-13-34-18-21(28)30-11-32-23(18)36/h10-13,15-16,24,37H,3-9H2,1-2H3,(H,38,47)(H,39,48)(H2,27,29,31)(H2,28,30,32)/t15-,16+,24+,25+,26+,45+,46+/m0/s1. The number of fused-ring (bicyclic) bond motifs is 4. The van der Waals surface area contributed by atoms with Crippen LogP contribution in [0.25, 0.3) is 22.3 Å². The number of hydrogen-bond donors (Lipinski definition) is 5. The van der Waals surface area contributed by atoms with Gasteiger partial charge in [-0.3, -0.25) is 22.7 Å². The van der Waals surface area contributed by atoms with Crippen LogP contribution in [0.2, 0.25) is 0 Å².